The molecule has 0 unspecified atom stereocenters. The molecule has 0 bridgehead atoms. The summed E-state index contributed by atoms with van der Waals surface area (Å²) in [5.74, 6) is -4.73. The van der Waals surface area contributed by atoms with Crippen molar-refractivity contribution in [2.24, 2.45) is 0 Å². The molecule has 2 aromatic carbocycles. The van der Waals surface area contributed by atoms with E-state index in [9.17, 15) is 21.6 Å². The lowest BCUT2D eigenvalue weighted by molar-refractivity contribution is 0.449. The molecule has 1 N–H and O–H groups in total. The number of benzene rings is 2. The normalized spacial score (nSPS) is 11.5. The van der Waals surface area contributed by atoms with Crippen LogP contribution in [0, 0.1) is 24.4 Å². The lowest BCUT2D eigenvalue weighted by atomic mass is 10.2. The molecule has 0 aromatic heterocycles. The van der Waals surface area contributed by atoms with Gasteiger partial charge in [0.1, 0.15) is 4.90 Å². The second kappa shape index (κ2) is 5.69. The number of hydrogen-bond acceptors (Lipinski definition) is 2. The minimum atomic E-state index is -4.14. The molecule has 8 heteroatoms. The summed E-state index contributed by atoms with van der Waals surface area (Å²) in [5.41, 5.74) is 0.154. The SMILES string of the molecule is Cc1ccc(S(=O)(=O)Nc2ccc(F)c(F)c2F)c(Br)c1. The van der Waals surface area contributed by atoms with E-state index in [2.05, 4.69) is 15.9 Å². The summed E-state index contributed by atoms with van der Waals surface area (Å²) in [6, 6.07) is 5.89. The minimum absolute atomic E-state index is 0.141. The summed E-state index contributed by atoms with van der Waals surface area (Å²) in [4.78, 5) is -0.141. The molecule has 3 nitrogen and oxygen atoms in total. The number of halogens is 4. The van der Waals surface area contributed by atoms with Crippen molar-refractivity contribution < 1.29 is 21.6 Å². The van der Waals surface area contributed by atoms with Crippen molar-refractivity contribution in [2.75, 3.05) is 4.72 Å². The Morgan fingerprint density at radius 1 is 1.05 bits per heavy atom. The first-order valence-electron chi connectivity index (χ1n) is 5.65. The molecule has 0 saturated heterocycles. The van der Waals surface area contributed by atoms with E-state index < -0.39 is 33.2 Å². The lowest BCUT2D eigenvalue weighted by Crippen LogP contribution is -2.15. The number of anilines is 1. The maximum Gasteiger partial charge on any atom is 0.263 e. The number of sulfonamides is 1. The third kappa shape index (κ3) is 3.21. The second-order valence-corrected chi connectivity index (χ2v) is 6.77. The van der Waals surface area contributed by atoms with Crippen LogP contribution < -0.4 is 4.72 Å². The Morgan fingerprint density at radius 2 is 1.71 bits per heavy atom. The standard InChI is InChI=1S/C13H9BrF3NO2S/c1-7-2-5-11(8(14)6-7)21(19,20)18-10-4-3-9(15)12(16)13(10)17/h2-6,18H,1H3. The van der Waals surface area contributed by atoms with Gasteiger partial charge in [-0.3, -0.25) is 4.72 Å². The molecule has 0 radical (unpaired) electrons. The van der Waals surface area contributed by atoms with Gasteiger partial charge in [0.15, 0.2) is 17.5 Å². The average Bonchev–Trinajstić information content (AvgIpc) is 2.39. The Labute approximate surface area is 128 Å². The fourth-order valence-electron chi connectivity index (χ4n) is 1.63. The predicted molar refractivity (Wildman–Crippen MR) is 76.0 cm³/mol. The quantitative estimate of drug-likeness (QED) is 0.819. The minimum Gasteiger partial charge on any atom is -0.277 e. The van der Waals surface area contributed by atoms with Crippen LogP contribution in [0.4, 0.5) is 18.9 Å². The Bertz CT molecular complexity index is 809. The van der Waals surface area contributed by atoms with Crippen LogP contribution in [-0.4, -0.2) is 8.42 Å². The van der Waals surface area contributed by atoms with E-state index in [0.29, 0.717) is 6.07 Å². The van der Waals surface area contributed by atoms with Crippen molar-refractivity contribution in [3.8, 4) is 0 Å². The van der Waals surface area contributed by atoms with E-state index in [0.717, 1.165) is 11.6 Å². The van der Waals surface area contributed by atoms with Crippen LogP contribution in [0.15, 0.2) is 39.7 Å². The van der Waals surface area contributed by atoms with Crippen LogP contribution in [0.1, 0.15) is 5.56 Å². The Balaban J connectivity index is 2.45. The molecule has 2 aromatic rings. The zero-order valence-electron chi connectivity index (χ0n) is 10.6. The number of nitrogens with one attached hydrogen (secondary N) is 1. The molecular weight excluding hydrogens is 371 g/mol. The fourth-order valence-corrected chi connectivity index (χ4v) is 3.88. The molecule has 0 aliphatic rings. The topological polar surface area (TPSA) is 46.2 Å². The summed E-state index contributed by atoms with van der Waals surface area (Å²) in [5, 5.41) is 0. The largest absolute Gasteiger partial charge is 0.277 e. The van der Waals surface area contributed by atoms with E-state index in [1.807, 2.05) is 4.72 Å². The Morgan fingerprint density at radius 3 is 2.33 bits per heavy atom. The van der Waals surface area contributed by atoms with E-state index in [-0.39, 0.29) is 9.37 Å². The highest BCUT2D eigenvalue weighted by Gasteiger charge is 2.21. The first-order valence-corrected chi connectivity index (χ1v) is 7.92. The molecule has 112 valence electrons. The second-order valence-electron chi connectivity index (χ2n) is 4.26. The van der Waals surface area contributed by atoms with Gasteiger partial charge in [0.05, 0.1) is 5.69 Å². The summed E-state index contributed by atoms with van der Waals surface area (Å²) < 4.78 is 65.9. The first-order chi connectivity index (χ1) is 9.72. The summed E-state index contributed by atoms with van der Waals surface area (Å²) >= 11 is 3.09. The van der Waals surface area contributed by atoms with Gasteiger partial charge in [0, 0.05) is 4.47 Å². The number of aryl methyl sites for hydroxylation is 1. The molecule has 2 rings (SSSR count). The maximum atomic E-state index is 13.5. The summed E-state index contributed by atoms with van der Waals surface area (Å²) in [6.45, 7) is 1.77. The monoisotopic (exact) mass is 379 g/mol. The van der Waals surface area contributed by atoms with Crippen molar-refractivity contribution in [1.82, 2.24) is 0 Å². The van der Waals surface area contributed by atoms with Crippen LogP contribution >= 0.6 is 15.9 Å². The van der Waals surface area contributed by atoms with Crippen molar-refractivity contribution in [3.05, 3.63) is 57.8 Å². The number of hydrogen-bond donors (Lipinski definition) is 1. The molecule has 0 aliphatic heterocycles. The fraction of sp³-hybridized carbons (Fsp3) is 0.0769. The van der Waals surface area contributed by atoms with Gasteiger partial charge in [-0.1, -0.05) is 6.07 Å². The van der Waals surface area contributed by atoms with E-state index in [1.165, 1.54) is 6.07 Å². The molecule has 0 heterocycles. The van der Waals surface area contributed by atoms with Crippen LogP contribution in [0.3, 0.4) is 0 Å². The molecule has 0 atom stereocenters. The zero-order valence-corrected chi connectivity index (χ0v) is 13.0. The van der Waals surface area contributed by atoms with Gasteiger partial charge in [-0.15, -0.1) is 0 Å². The molecule has 0 fully saturated rings. The van der Waals surface area contributed by atoms with Gasteiger partial charge in [-0.2, -0.15) is 0 Å². The van der Waals surface area contributed by atoms with Gasteiger partial charge < -0.3 is 0 Å². The highest BCUT2D eigenvalue weighted by atomic mass is 79.9. The highest BCUT2D eigenvalue weighted by molar-refractivity contribution is 9.10. The van der Waals surface area contributed by atoms with E-state index >= 15 is 0 Å². The third-order valence-corrected chi connectivity index (χ3v) is 5.00. The molecule has 21 heavy (non-hydrogen) atoms. The van der Waals surface area contributed by atoms with Gasteiger partial charge in [0.2, 0.25) is 0 Å². The lowest BCUT2D eigenvalue weighted by Gasteiger charge is -2.11. The Hall–Kier alpha value is -1.54. The van der Waals surface area contributed by atoms with E-state index in [1.54, 1.807) is 19.1 Å². The van der Waals surface area contributed by atoms with Crippen molar-refractivity contribution >= 4 is 31.6 Å². The summed E-state index contributed by atoms with van der Waals surface area (Å²) in [7, 11) is -4.14. The first kappa shape index (κ1) is 15.8. The van der Waals surface area contributed by atoms with Gasteiger partial charge in [-0.05, 0) is 52.7 Å². The average molecular weight is 380 g/mol. The van der Waals surface area contributed by atoms with Crippen molar-refractivity contribution in [3.63, 3.8) is 0 Å². The molecule has 0 saturated carbocycles. The van der Waals surface area contributed by atoms with Crippen LogP contribution in [0.5, 0.6) is 0 Å². The zero-order chi connectivity index (χ0) is 15.8. The molecule has 0 amide bonds. The van der Waals surface area contributed by atoms with Crippen LogP contribution in [0.2, 0.25) is 0 Å². The maximum absolute atomic E-state index is 13.5. The highest BCUT2D eigenvalue weighted by Crippen LogP contribution is 2.27. The Kier molecular flexibility index (Phi) is 4.29. The van der Waals surface area contributed by atoms with Crippen molar-refractivity contribution in [2.45, 2.75) is 11.8 Å². The van der Waals surface area contributed by atoms with Crippen LogP contribution in [-0.2, 0) is 10.0 Å². The third-order valence-electron chi connectivity index (χ3n) is 2.66. The van der Waals surface area contributed by atoms with Crippen molar-refractivity contribution in [1.29, 1.82) is 0 Å². The predicted octanol–water partition coefficient (Wildman–Crippen LogP) is 3.98. The van der Waals surface area contributed by atoms with Gasteiger partial charge >= 0.3 is 0 Å². The number of rotatable bonds is 3. The smallest absolute Gasteiger partial charge is 0.263 e. The van der Waals surface area contributed by atoms with E-state index in [4.69, 9.17) is 0 Å². The molecular formula is C13H9BrF3NO2S. The molecule has 0 spiro atoms. The molecule has 0 aliphatic carbocycles. The van der Waals surface area contributed by atoms with Gasteiger partial charge in [-0.25, -0.2) is 21.6 Å². The van der Waals surface area contributed by atoms with Crippen LogP contribution in [0.25, 0.3) is 0 Å². The van der Waals surface area contributed by atoms with Gasteiger partial charge in [0.25, 0.3) is 10.0 Å². The summed E-state index contributed by atoms with van der Waals surface area (Å²) in [6.07, 6.45) is 0.